The largest absolute Gasteiger partial charge is 0.338 e. The first-order valence-corrected chi connectivity index (χ1v) is 7.28. The van der Waals surface area contributed by atoms with Crippen LogP contribution in [0.3, 0.4) is 0 Å². The molecule has 0 aliphatic carbocycles. The van der Waals surface area contributed by atoms with Gasteiger partial charge in [0.1, 0.15) is 0 Å². The molecule has 1 aliphatic rings. The second-order valence-corrected chi connectivity index (χ2v) is 5.93. The molecule has 0 aromatic carbocycles. The quantitative estimate of drug-likeness (QED) is 0.828. The van der Waals surface area contributed by atoms with Crippen LogP contribution < -0.4 is 10.2 Å². The Morgan fingerprint density at radius 3 is 2.29 bits per heavy atom. The van der Waals surface area contributed by atoms with Crippen LogP contribution in [-0.4, -0.2) is 45.6 Å². The van der Waals surface area contributed by atoms with E-state index in [0.29, 0.717) is 17.0 Å². The van der Waals surface area contributed by atoms with Gasteiger partial charge in [0.2, 0.25) is 5.95 Å². The maximum absolute atomic E-state index is 11.2. The summed E-state index contributed by atoms with van der Waals surface area (Å²) in [5.74, 6) is 0.722. The van der Waals surface area contributed by atoms with Gasteiger partial charge in [0.15, 0.2) is 0 Å². The Morgan fingerprint density at radius 2 is 1.82 bits per heavy atom. The molecule has 1 unspecified atom stereocenters. The molecule has 6 heteroatoms. The SMILES string of the molecule is C[C@@H]1CN(c2ncc(S(C)=O)cn2)C[C@H](C)N1. The van der Waals surface area contributed by atoms with Crippen molar-refractivity contribution in [1.29, 1.82) is 0 Å². The fraction of sp³-hybridized carbons (Fsp3) is 0.636. The summed E-state index contributed by atoms with van der Waals surface area (Å²) in [4.78, 5) is 11.4. The molecule has 1 saturated heterocycles. The highest BCUT2D eigenvalue weighted by Gasteiger charge is 2.22. The molecule has 2 heterocycles. The number of piperazine rings is 1. The van der Waals surface area contributed by atoms with Gasteiger partial charge < -0.3 is 10.2 Å². The molecule has 0 radical (unpaired) electrons. The number of nitrogens with zero attached hydrogens (tertiary/aromatic N) is 3. The molecule has 3 atom stereocenters. The third-order valence-corrected chi connectivity index (χ3v) is 3.66. The fourth-order valence-electron chi connectivity index (χ4n) is 2.11. The van der Waals surface area contributed by atoms with E-state index >= 15 is 0 Å². The van der Waals surface area contributed by atoms with Crippen molar-refractivity contribution in [3.05, 3.63) is 12.4 Å². The maximum atomic E-state index is 11.2. The summed E-state index contributed by atoms with van der Waals surface area (Å²) in [5, 5.41) is 3.46. The number of anilines is 1. The Morgan fingerprint density at radius 1 is 1.29 bits per heavy atom. The van der Waals surface area contributed by atoms with Gasteiger partial charge in [-0.2, -0.15) is 0 Å². The highest BCUT2D eigenvalue weighted by atomic mass is 32.2. The van der Waals surface area contributed by atoms with Crippen molar-refractivity contribution in [2.45, 2.75) is 30.8 Å². The molecule has 17 heavy (non-hydrogen) atoms. The summed E-state index contributed by atoms with van der Waals surface area (Å²) >= 11 is 0. The van der Waals surface area contributed by atoms with Gasteiger partial charge in [0, 0.05) is 43.8 Å². The van der Waals surface area contributed by atoms with Gasteiger partial charge in [-0.25, -0.2) is 9.97 Å². The van der Waals surface area contributed by atoms with Crippen LogP contribution in [0.2, 0.25) is 0 Å². The molecular weight excluding hydrogens is 236 g/mol. The lowest BCUT2D eigenvalue weighted by Gasteiger charge is -2.36. The molecule has 1 aromatic rings. The van der Waals surface area contributed by atoms with Crippen LogP contribution in [0.5, 0.6) is 0 Å². The van der Waals surface area contributed by atoms with Crippen molar-refractivity contribution < 1.29 is 4.21 Å². The summed E-state index contributed by atoms with van der Waals surface area (Å²) in [7, 11) is -1.01. The Bertz CT molecular complexity index is 398. The molecule has 1 aliphatic heterocycles. The lowest BCUT2D eigenvalue weighted by Crippen LogP contribution is -2.54. The molecule has 5 nitrogen and oxygen atoms in total. The monoisotopic (exact) mass is 254 g/mol. The zero-order valence-electron chi connectivity index (χ0n) is 10.4. The van der Waals surface area contributed by atoms with Gasteiger partial charge >= 0.3 is 0 Å². The standard InChI is InChI=1S/C11H18N4OS/c1-8-6-15(7-9(2)14-8)11-12-4-10(5-13-11)17(3)16/h4-5,8-9,14H,6-7H2,1-3H3/t8-,9+,17?. The number of nitrogens with one attached hydrogen (secondary N) is 1. The maximum Gasteiger partial charge on any atom is 0.225 e. The Labute approximate surface area is 104 Å². The first kappa shape index (κ1) is 12.4. The molecular formula is C11H18N4OS. The molecule has 0 bridgehead atoms. The van der Waals surface area contributed by atoms with Crippen LogP contribution in [0.25, 0.3) is 0 Å². The third kappa shape index (κ3) is 3.01. The molecule has 2 rings (SSSR count). The average Bonchev–Trinajstić information content (AvgIpc) is 2.28. The van der Waals surface area contributed by atoms with Gasteiger partial charge in [0.05, 0.1) is 15.7 Å². The molecule has 0 spiro atoms. The average molecular weight is 254 g/mol. The predicted molar refractivity (Wildman–Crippen MR) is 68.6 cm³/mol. The Balaban J connectivity index is 2.14. The van der Waals surface area contributed by atoms with E-state index in [4.69, 9.17) is 0 Å². The third-order valence-electron chi connectivity index (χ3n) is 2.79. The van der Waals surface area contributed by atoms with E-state index in [1.165, 1.54) is 0 Å². The first-order valence-electron chi connectivity index (χ1n) is 5.72. The Hall–Kier alpha value is -1.01. The van der Waals surface area contributed by atoms with Crippen LogP contribution in [0.15, 0.2) is 17.3 Å². The number of rotatable bonds is 2. The van der Waals surface area contributed by atoms with E-state index < -0.39 is 10.8 Å². The Kier molecular flexibility index (Phi) is 3.73. The summed E-state index contributed by atoms with van der Waals surface area (Å²) in [6.45, 7) is 6.11. The smallest absolute Gasteiger partial charge is 0.225 e. The van der Waals surface area contributed by atoms with Crippen molar-refractivity contribution in [1.82, 2.24) is 15.3 Å². The summed E-state index contributed by atoms with van der Waals surface area (Å²) < 4.78 is 11.2. The number of aromatic nitrogens is 2. The highest BCUT2D eigenvalue weighted by molar-refractivity contribution is 7.84. The molecule has 1 fully saturated rings. The lowest BCUT2D eigenvalue weighted by molar-refractivity contribution is 0.403. The zero-order valence-corrected chi connectivity index (χ0v) is 11.2. The summed E-state index contributed by atoms with van der Waals surface area (Å²) in [5.41, 5.74) is 0. The van der Waals surface area contributed by atoms with Crippen molar-refractivity contribution in [3.63, 3.8) is 0 Å². The summed E-state index contributed by atoms with van der Waals surface area (Å²) in [6.07, 6.45) is 4.93. The van der Waals surface area contributed by atoms with Crippen LogP contribution >= 0.6 is 0 Å². The van der Waals surface area contributed by atoms with Crippen molar-refractivity contribution in [2.24, 2.45) is 0 Å². The van der Waals surface area contributed by atoms with Crippen LogP contribution in [0.1, 0.15) is 13.8 Å². The van der Waals surface area contributed by atoms with E-state index in [9.17, 15) is 4.21 Å². The van der Waals surface area contributed by atoms with Gasteiger partial charge in [-0.15, -0.1) is 0 Å². The number of hydrogen-bond acceptors (Lipinski definition) is 5. The molecule has 94 valence electrons. The fourth-order valence-corrected chi connectivity index (χ4v) is 2.51. The first-order chi connectivity index (χ1) is 8.06. The molecule has 1 N–H and O–H groups in total. The van der Waals surface area contributed by atoms with Gasteiger partial charge in [-0.05, 0) is 13.8 Å². The van der Waals surface area contributed by atoms with E-state index in [0.717, 1.165) is 19.0 Å². The van der Waals surface area contributed by atoms with E-state index in [1.54, 1.807) is 18.6 Å². The molecule has 1 aromatic heterocycles. The second-order valence-electron chi connectivity index (χ2n) is 4.55. The topological polar surface area (TPSA) is 58.1 Å². The van der Waals surface area contributed by atoms with Gasteiger partial charge in [-0.1, -0.05) is 0 Å². The van der Waals surface area contributed by atoms with Crippen molar-refractivity contribution in [2.75, 3.05) is 24.2 Å². The minimum atomic E-state index is -1.01. The molecule has 0 amide bonds. The van der Waals surface area contributed by atoms with Crippen molar-refractivity contribution in [3.8, 4) is 0 Å². The van der Waals surface area contributed by atoms with Crippen LogP contribution in [-0.2, 0) is 10.8 Å². The van der Waals surface area contributed by atoms with Crippen LogP contribution in [0.4, 0.5) is 5.95 Å². The molecule has 0 saturated carbocycles. The van der Waals surface area contributed by atoms with Gasteiger partial charge in [-0.3, -0.25) is 4.21 Å². The van der Waals surface area contributed by atoms with Crippen molar-refractivity contribution >= 4 is 16.7 Å². The minimum absolute atomic E-state index is 0.433. The normalized spacial score (nSPS) is 26.9. The minimum Gasteiger partial charge on any atom is -0.338 e. The lowest BCUT2D eigenvalue weighted by atomic mass is 10.1. The second kappa shape index (κ2) is 5.10. The summed E-state index contributed by atoms with van der Waals surface area (Å²) in [6, 6.07) is 0.865. The van der Waals surface area contributed by atoms with E-state index in [-0.39, 0.29) is 0 Å². The number of hydrogen-bond donors (Lipinski definition) is 1. The highest BCUT2D eigenvalue weighted by Crippen LogP contribution is 2.13. The van der Waals surface area contributed by atoms with E-state index in [1.807, 2.05) is 0 Å². The van der Waals surface area contributed by atoms with Gasteiger partial charge in [0.25, 0.3) is 0 Å². The van der Waals surface area contributed by atoms with E-state index in [2.05, 4.69) is 34.0 Å². The van der Waals surface area contributed by atoms with Crippen LogP contribution in [0, 0.1) is 0 Å². The zero-order chi connectivity index (χ0) is 12.4. The predicted octanol–water partition coefficient (Wildman–Crippen LogP) is 0.401.